The Bertz CT molecular complexity index is 182. The molecule has 0 radical (unpaired) electrons. The molecule has 1 aliphatic carbocycles. The van der Waals surface area contributed by atoms with Crippen LogP contribution in [0, 0.1) is 5.92 Å². The van der Waals surface area contributed by atoms with Crippen molar-refractivity contribution in [3.8, 4) is 0 Å². The molecule has 2 unspecified atom stereocenters. The normalized spacial score (nSPS) is 26.1. The van der Waals surface area contributed by atoms with E-state index in [1.54, 1.807) is 0 Å². The summed E-state index contributed by atoms with van der Waals surface area (Å²) in [5.74, 6) is 0.870. The fourth-order valence-corrected chi connectivity index (χ4v) is 3.11. The Kier molecular flexibility index (Phi) is 7.87. The van der Waals surface area contributed by atoms with Gasteiger partial charge in [-0.05, 0) is 45.8 Å². The van der Waals surface area contributed by atoms with Gasteiger partial charge in [-0.2, -0.15) is 0 Å². The van der Waals surface area contributed by atoms with E-state index in [9.17, 15) is 0 Å². The van der Waals surface area contributed by atoms with E-state index in [2.05, 4.69) is 31.2 Å². The highest BCUT2D eigenvalue weighted by Gasteiger charge is 2.23. The van der Waals surface area contributed by atoms with Crippen LogP contribution in [0.5, 0.6) is 0 Å². The van der Waals surface area contributed by atoms with Gasteiger partial charge in [-0.25, -0.2) is 0 Å². The molecule has 0 aromatic rings. The van der Waals surface area contributed by atoms with Gasteiger partial charge in [0.2, 0.25) is 0 Å². The molecule has 2 atom stereocenters. The zero-order valence-corrected chi connectivity index (χ0v) is 12.2. The second-order valence-electron chi connectivity index (χ2n) is 5.76. The first-order valence-corrected chi connectivity index (χ1v) is 7.63. The number of hydrogen-bond acceptors (Lipinski definition) is 2. The van der Waals surface area contributed by atoms with Crippen LogP contribution in [0.15, 0.2) is 0 Å². The Labute approximate surface area is 108 Å². The van der Waals surface area contributed by atoms with Crippen LogP contribution in [0.4, 0.5) is 0 Å². The number of nitrogens with zero attached hydrogens (tertiary/aromatic N) is 1. The van der Waals surface area contributed by atoms with E-state index in [0.717, 1.165) is 12.0 Å². The summed E-state index contributed by atoms with van der Waals surface area (Å²) in [4.78, 5) is 2.55. The molecule has 102 valence electrons. The number of nitrogens with one attached hydrogen (secondary N) is 1. The van der Waals surface area contributed by atoms with Gasteiger partial charge in [0.1, 0.15) is 0 Å². The van der Waals surface area contributed by atoms with Crippen LogP contribution in [-0.2, 0) is 0 Å². The van der Waals surface area contributed by atoms with Crippen molar-refractivity contribution in [3.63, 3.8) is 0 Å². The van der Waals surface area contributed by atoms with Crippen molar-refractivity contribution in [2.45, 2.75) is 64.3 Å². The largest absolute Gasteiger partial charge is 0.317 e. The Morgan fingerprint density at radius 2 is 1.88 bits per heavy atom. The van der Waals surface area contributed by atoms with Crippen molar-refractivity contribution < 1.29 is 0 Å². The number of unbranched alkanes of at least 4 members (excludes halogenated alkanes) is 2. The van der Waals surface area contributed by atoms with Gasteiger partial charge in [-0.3, -0.25) is 0 Å². The van der Waals surface area contributed by atoms with Crippen molar-refractivity contribution in [1.82, 2.24) is 10.2 Å². The highest BCUT2D eigenvalue weighted by molar-refractivity contribution is 4.80. The maximum atomic E-state index is 3.54. The zero-order valence-electron chi connectivity index (χ0n) is 12.2. The minimum Gasteiger partial charge on any atom is -0.317 e. The fraction of sp³-hybridized carbons (Fsp3) is 1.00. The quantitative estimate of drug-likeness (QED) is 0.543. The molecule has 17 heavy (non-hydrogen) atoms. The van der Waals surface area contributed by atoms with E-state index in [1.165, 1.54) is 64.5 Å². The van der Waals surface area contributed by atoms with Crippen molar-refractivity contribution in [3.05, 3.63) is 0 Å². The third-order valence-electron chi connectivity index (χ3n) is 4.22. The Balaban J connectivity index is 2.30. The summed E-state index contributed by atoms with van der Waals surface area (Å²) in [5.41, 5.74) is 0. The first kappa shape index (κ1) is 15.0. The van der Waals surface area contributed by atoms with Gasteiger partial charge in [0, 0.05) is 12.6 Å². The summed E-state index contributed by atoms with van der Waals surface area (Å²) in [6.45, 7) is 4.85. The molecule has 0 heterocycles. The van der Waals surface area contributed by atoms with Crippen LogP contribution >= 0.6 is 0 Å². The molecule has 0 spiro atoms. The van der Waals surface area contributed by atoms with Gasteiger partial charge in [0.15, 0.2) is 0 Å². The van der Waals surface area contributed by atoms with E-state index in [0.29, 0.717) is 0 Å². The lowest BCUT2D eigenvalue weighted by atomic mass is 9.94. The lowest BCUT2D eigenvalue weighted by Gasteiger charge is -2.29. The van der Waals surface area contributed by atoms with Crippen LogP contribution in [0.25, 0.3) is 0 Å². The summed E-state index contributed by atoms with van der Waals surface area (Å²) in [6, 6.07) is 0.756. The average molecular weight is 240 g/mol. The van der Waals surface area contributed by atoms with Crippen molar-refractivity contribution in [1.29, 1.82) is 0 Å². The molecule has 1 rings (SSSR count). The summed E-state index contributed by atoms with van der Waals surface area (Å²) < 4.78 is 0. The minimum absolute atomic E-state index is 0.756. The predicted molar refractivity (Wildman–Crippen MR) is 76.4 cm³/mol. The van der Waals surface area contributed by atoms with Gasteiger partial charge in [0.25, 0.3) is 0 Å². The standard InChI is InChI=1S/C15H32N2/c1-4-5-9-12-17(3)13-14-10-7-6-8-11-15(14)16-2/h14-16H,4-13H2,1-3H3. The van der Waals surface area contributed by atoms with Crippen LogP contribution < -0.4 is 5.32 Å². The summed E-state index contributed by atoms with van der Waals surface area (Å²) in [5, 5.41) is 3.54. The molecule has 2 nitrogen and oxygen atoms in total. The van der Waals surface area contributed by atoms with Crippen molar-refractivity contribution >= 4 is 0 Å². The monoisotopic (exact) mass is 240 g/mol. The minimum atomic E-state index is 0.756. The molecule has 1 saturated carbocycles. The van der Waals surface area contributed by atoms with Gasteiger partial charge in [0.05, 0.1) is 0 Å². The highest BCUT2D eigenvalue weighted by atomic mass is 15.1. The molecule has 1 fully saturated rings. The summed E-state index contributed by atoms with van der Waals surface area (Å²) in [6.07, 6.45) is 11.2. The smallest absolute Gasteiger partial charge is 0.0104 e. The Hall–Kier alpha value is -0.0800. The molecular formula is C15H32N2. The van der Waals surface area contributed by atoms with Crippen LogP contribution in [0.3, 0.4) is 0 Å². The third-order valence-corrected chi connectivity index (χ3v) is 4.22. The molecule has 0 aromatic carbocycles. The van der Waals surface area contributed by atoms with Crippen molar-refractivity contribution in [2.75, 3.05) is 27.2 Å². The molecule has 0 aromatic heterocycles. The lowest BCUT2D eigenvalue weighted by Crippen LogP contribution is -2.39. The number of hydrogen-bond donors (Lipinski definition) is 1. The topological polar surface area (TPSA) is 15.3 Å². The first-order chi connectivity index (χ1) is 8.27. The average Bonchev–Trinajstić information content (AvgIpc) is 2.54. The lowest BCUT2D eigenvalue weighted by molar-refractivity contribution is 0.226. The molecule has 1 aliphatic rings. The fourth-order valence-electron chi connectivity index (χ4n) is 3.11. The highest BCUT2D eigenvalue weighted by Crippen LogP contribution is 2.24. The van der Waals surface area contributed by atoms with E-state index in [1.807, 2.05) is 0 Å². The van der Waals surface area contributed by atoms with Crippen LogP contribution in [0.1, 0.15) is 58.3 Å². The molecule has 1 N–H and O–H groups in total. The van der Waals surface area contributed by atoms with E-state index in [-0.39, 0.29) is 0 Å². The Morgan fingerprint density at radius 3 is 2.59 bits per heavy atom. The van der Waals surface area contributed by atoms with Gasteiger partial charge < -0.3 is 10.2 Å². The molecular weight excluding hydrogens is 208 g/mol. The molecule has 0 amide bonds. The Morgan fingerprint density at radius 1 is 1.12 bits per heavy atom. The molecule has 2 heteroatoms. The second-order valence-corrected chi connectivity index (χ2v) is 5.76. The van der Waals surface area contributed by atoms with Crippen LogP contribution in [0.2, 0.25) is 0 Å². The van der Waals surface area contributed by atoms with Gasteiger partial charge in [-0.1, -0.05) is 39.0 Å². The zero-order chi connectivity index (χ0) is 12.5. The van der Waals surface area contributed by atoms with E-state index in [4.69, 9.17) is 0 Å². The second kappa shape index (κ2) is 8.93. The van der Waals surface area contributed by atoms with Gasteiger partial charge in [-0.15, -0.1) is 0 Å². The molecule has 0 saturated heterocycles. The van der Waals surface area contributed by atoms with E-state index >= 15 is 0 Å². The van der Waals surface area contributed by atoms with Crippen molar-refractivity contribution in [2.24, 2.45) is 5.92 Å². The third kappa shape index (κ3) is 5.87. The SMILES string of the molecule is CCCCCN(C)CC1CCCCCC1NC. The number of rotatable bonds is 7. The molecule has 0 bridgehead atoms. The van der Waals surface area contributed by atoms with Crippen LogP contribution in [-0.4, -0.2) is 38.1 Å². The molecule has 0 aliphatic heterocycles. The summed E-state index contributed by atoms with van der Waals surface area (Å²) in [7, 11) is 4.44. The maximum Gasteiger partial charge on any atom is 0.0104 e. The van der Waals surface area contributed by atoms with Gasteiger partial charge >= 0.3 is 0 Å². The summed E-state index contributed by atoms with van der Waals surface area (Å²) >= 11 is 0. The van der Waals surface area contributed by atoms with E-state index < -0.39 is 0 Å². The first-order valence-electron chi connectivity index (χ1n) is 7.63. The maximum absolute atomic E-state index is 3.54. The predicted octanol–water partition coefficient (Wildman–Crippen LogP) is 3.28.